The number of hydrogen-bond acceptors (Lipinski definition) is 4. The molecule has 0 saturated heterocycles. The number of fused-ring (bicyclic) bond motifs is 1. The molecule has 1 aliphatic rings. The third kappa shape index (κ3) is 3.83. The normalized spacial score (nSPS) is 15.7. The topological polar surface area (TPSA) is 47.6 Å². The smallest absolute Gasteiger partial charge is 0.225 e. The van der Waals surface area contributed by atoms with Crippen molar-refractivity contribution in [2.45, 2.75) is 18.8 Å². The molecule has 0 radical (unpaired) electrons. The van der Waals surface area contributed by atoms with E-state index in [1.54, 1.807) is 18.4 Å². The Balaban J connectivity index is 1.51. The lowest BCUT2D eigenvalue weighted by Crippen LogP contribution is -2.22. The van der Waals surface area contributed by atoms with E-state index in [-0.39, 0.29) is 11.8 Å². The fraction of sp³-hybridized carbons (Fsp3) is 0.227. The number of amides is 1. The maximum absolute atomic E-state index is 12.0. The molecule has 3 aromatic rings. The van der Waals surface area contributed by atoms with Crippen molar-refractivity contribution in [3.8, 4) is 11.5 Å². The van der Waals surface area contributed by atoms with Gasteiger partial charge in [0.15, 0.2) is 11.5 Å². The van der Waals surface area contributed by atoms with E-state index in [0.717, 1.165) is 23.4 Å². The Kier molecular flexibility index (Phi) is 5.12. The highest BCUT2D eigenvalue weighted by molar-refractivity contribution is 7.10. The molecule has 2 aromatic carbocycles. The van der Waals surface area contributed by atoms with Gasteiger partial charge >= 0.3 is 0 Å². The summed E-state index contributed by atoms with van der Waals surface area (Å²) >= 11 is 1.67. The van der Waals surface area contributed by atoms with Crippen LogP contribution in [-0.2, 0) is 11.2 Å². The van der Waals surface area contributed by atoms with Crippen LogP contribution >= 0.6 is 11.3 Å². The average molecular weight is 379 g/mol. The van der Waals surface area contributed by atoms with E-state index in [1.807, 2.05) is 47.8 Å². The second-order valence-electron chi connectivity index (χ2n) is 6.50. The first-order valence-electron chi connectivity index (χ1n) is 8.96. The molecule has 4 nitrogen and oxygen atoms in total. The number of rotatable bonds is 6. The van der Waals surface area contributed by atoms with Crippen LogP contribution in [0.1, 0.15) is 28.3 Å². The van der Waals surface area contributed by atoms with Crippen LogP contribution in [0.4, 0.5) is 5.69 Å². The summed E-state index contributed by atoms with van der Waals surface area (Å²) in [5.74, 6) is 1.53. The first-order chi connectivity index (χ1) is 13.2. The van der Waals surface area contributed by atoms with Crippen molar-refractivity contribution in [3.63, 3.8) is 0 Å². The van der Waals surface area contributed by atoms with Crippen molar-refractivity contribution in [1.29, 1.82) is 0 Å². The molecule has 0 fully saturated rings. The van der Waals surface area contributed by atoms with Gasteiger partial charge in [-0.05, 0) is 34.7 Å². The summed E-state index contributed by atoms with van der Waals surface area (Å²) in [6.45, 7) is 0.584. The van der Waals surface area contributed by atoms with Crippen molar-refractivity contribution >= 4 is 22.9 Å². The van der Waals surface area contributed by atoms with Crippen molar-refractivity contribution < 1.29 is 14.3 Å². The molecule has 0 spiro atoms. The van der Waals surface area contributed by atoms with Crippen LogP contribution in [0.2, 0.25) is 0 Å². The molecule has 1 amide bonds. The van der Waals surface area contributed by atoms with Crippen LogP contribution in [0.5, 0.6) is 11.5 Å². The minimum absolute atomic E-state index is 0.0491. The Bertz CT molecular complexity index is 936. The fourth-order valence-corrected chi connectivity index (χ4v) is 4.37. The molecule has 1 aliphatic heterocycles. The summed E-state index contributed by atoms with van der Waals surface area (Å²) in [5.41, 5.74) is 3.23. The summed E-state index contributed by atoms with van der Waals surface area (Å²) in [5, 5.41) is 4.95. The zero-order valence-corrected chi connectivity index (χ0v) is 15.9. The molecule has 0 aliphatic carbocycles. The van der Waals surface area contributed by atoms with Crippen LogP contribution in [-0.4, -0.2) is 19.6 Å². The Morgan fingerprint density at radius 1 is 1.11 bits per heavy atom. The van der Waals surface area contributed by atoms with E-state index >= 15 is 0 Å². The summed E-state index contributed by atoms with van der Waals surface area (Å²) in [6, 6.07) is 18.2. The van der Waals surface area contributed by atoms with Gasteiger partial charge in [-0.1, -0.05) is 36.4 Å². The van der Waals surface area contributed by atoms with Gasteiger partial charge in [-0.15, -0.1) is 11.3 Å². The minimum Gasteiger partial charge on any atom is -0.493 e. The van der Waals surface area contributed by atoms with Crippen molar-refractivity contribution in [1.82, 2.24) is 0 Å². The highest BCUT2D eigenvalue weighted by Crippen LogP contribution is 2.42. The lowest BCUT2D eigenvalue weighted by Gasteiger charge is -2.23. The van der Waals surface area contributed by atoms with Crippen molar-refractivity contribution in [2.75, 3.05) is 19.0 Å². The van der Waals surface area contributed by atoms with Gasteiger partial charge in [-0.25, -0.2) is 0 Å². The third-order valence-electron chi connectivity index (χ3n) is 4.76. The molecule has 0 unspecified atom stereocenters. The molecule has 5 heteroatoms. The second-order valence-corrected chi connectivity index (χ2v) is 7.45. The molecule has 1 aromatic heterocycles. The monoisotopic (exact) mass is 379 g/mol. The minimum atomic E-state index is 0.0491. The zero-order chi connectivity index (χ0) is 18.6. The molecule has 1 N–H and O–H groups in total. The Hall–Kier alpha value is -2.79. The number of anilines is 1. The van der Waals surface area contributed by atoms with E-state index in [2.05, 4.69) is 17.4 Å². The number of methoxy groups -OCH3 is 1. The van der Waals surface area contributed by atoms with Crippen LogP contribution < -0.4 is 14.8 Å². The molecule has 2 heterocycles. The summed E-state index contributed by atoms with van der Waals surface area (Å²) < 4.78 is 11.5. The molecule has 0 bridgehead atoms. The number of nitrogens with one attached hydrogen (secondary N) is 1. The average Bonchev–Trinajstić information content (AvgIpc) is 3.16. The second kappa shape index (κ2) is 7.84. The van der Waals surface area contributed by atoms with E-state index in [4.69, 9.17) is 9.47 Å². The first kappa shape index (κ1) is 17.6. The van der Waals surface area contributed by atoms with Gasteiger partial charge < -0.3 is 14.8 Å². The number of ether oxygens (including phenoxy) is 2. The number of carbonyl (C=O) groups excluding carboxylic acids is 1. The molecular formula is C22H21NO3S. The molecule has 4 rings (SSSR count). The predicted octanol–water partition coefficient (Wildman–Crippen LogP) is 4.85. The van der Waals surface area contributed by atoms with Crippen LogP contribution in [0, 0.1) is 0 Å². The molecular weight excluding hydrogens is 358 g/mol. The van der Waals surface area contributed by atoms with Gasteiger partial charge in [-0.3, -0.25) is 4.79 Å². The fourth-order valence-electron chi connectivity index (χ4n) is 3.39. The van der Waals surface area contributed by atoms with Crippen molar-refractivity contribution in [2.24, 2.45) is 0 Å². The predicted molar refractivity (Wildman–Crippen MR) is 108 cm³/mol. The maximum Gasteiger partial charge on any atom is 0.225 e. The highest BCUT2D eigenvalue weighted by Gasteiger charge is 2.28. The quantitative estimate of drug-likeness (QED) is 0.666. The van der Waals surface area contributed by atoms with Gasteiger partial charge in [0.1, 0.15) is 0 Å². The molecule has 1 atom stereocenters. The van der Waals surface area contributed by atoms with E-state index in [0.29, 0.717) is 18.8 Å². The standard InChI is InChI=1S/C22H21NO3S/c1-25-20-13-16(17-14-21(24)23-18-10-12-27-22(17)18)7-8-19(20)26-11-9-15-5-3-2-4-6-15/h2-8,10,12-13,17H,9,11,14H2,1H3,(H,23,24)/t17-/m0/s1. The van der Waals surface area contributed by atoms with Crippen LogP contribution in [0.15, 0.2) is 60.0 Å². The number of carbonyl (C=O) groups is 1. The molecule has 27 heavy (non-hydrogen) atoms. The maximum atomic E-state index is 12.0. The molecule has 138 valence electrons. The number of hydrogen-bond donors (Lipinski definition) is 1. The van der Waals surface area contributed by atoms with Gasteiger partial charge in [0, 0.05) is 23.6 Å². The SMILES string of the molecule is COc1cc([C@@H]2CC(=O)Nc3ccsc32)ccc1OCCc1ccccc1. The third-order valence-corrected chi connectivity index (χ3v) is 5.79. The van der Waals surface area contributed by atoms with Gasteiger partial charge in [0.05, 0.1) is 19.4 Å². The van der Waals surface area contributed by atoms with Gasteiger partial charge in [-0.2, -0.15) is 0 Å². The van der Waals surface area contributed by atoms with Crippen molar-refractivity contribution in [3.05, 3.63) is 76.0 Å². The van der Waals surface area contributed by atoms with Gasteiger partial charge in [0.2, 0.25) is 5.91 Å². The van der Waals surface area contributed by atoms with E-state index < -0.39 is 0 Å². The summed E-state index contributed by atoms with van der Waals surface area (Å²) in [4.78, 5) is 13.2. The largest absolute Gasteiger partial charge is 0.493 e. The molecule has 0 saturated carbocycles. The highest BCUT2D eigenvalue weighted by atomic mass is 32.1. The van der Waals surface area contributed by atoms with Crippen LogP contribution in [0.25, 0.3) is 0 Å². The Morgan fingerprint density at radius 3 is 2.78 bits per heavy atom. The van der Waals surface area contributed by atoms with E-state index in [1.165, 1.54) is 10.4 Å². The lowest BCUT2D eigenvalue weighted by molar-refractivity contribution is -0.116. The Morgan fingerprint density at radius 2 is 1.96 bits per heavy atom. The first-order valence-corrected chi connectivity index (χ1v) is 9.84. The van der Waals surface area contributed by atoms with Gasteiger partial charge in [0.25, 0.3) is 0 Å². The number of thiophene rings is 1. The lowest BCUT2D eigenvalue weighted by atomic mass is 9.90. The summed E-state index contributed by atoms with van der Waals surface area (Å²) in [7, 11) is 1.65. The zero-order valence-electron chi connectivity index (χ0n) is 15.1. The van der Waals surface area contributed by atoms with E-state index in [9.17, 15) is 4.79 Å². The van der Waals surface area contributed by atoms with Crippen LogP contribution in [0.3, 0.4) is 0 Å². The number of benzene rings is 2. The Labute approximate surface area is 162 Å². The summed E-state index contributed by atoms with van der Waals surface area (Å²) in [6.07, 6.45) is 1.29.